The van der Waals surface area contributed by atoms with Crippen molar-refractivity contribution >= 4 is 29.9 Å². The second-order valence-electron chi connectivity index (χ2n) is 5.64. The second kappa shape index (κ2) is 10.2. The van der Waals surface area contributed by atoms with Gasteiger partial charge in [-0.15, -0.1) is 12.4 Å². The third-order valence-corrected chi connectivity index (χ3v) is 3.99. The average molecular weight is 356 g/mol. The average Bonchev–Trinajstić information content (AvgIpc) is 2.60. The number of piperidine rings is 1. The number of hydrogen-bond donors (Lipinski definition) is 2. The molecule has 0 radical (unpaired) electrons. The number of ether oxygens (including phenoxy) is 1. The Morgan fingerprint density at radius 3 is 2.79 bits per heavy atom. The Kier molecular flexibility index (Phi) is 8.57. The number of anilines is 1. The predicted octanol–water partition coefficient (Wildman–Crippen LogP) is 2.05. The van der Waals surface area contributed by atoms with E-state index in [2.05, 4.69) is 10.6 Å². The van der Waals surface area contributed by atoms with Crippen molar-refractivity contribution in [2.75, 3.05) is 32.1 Å². The van der Waals surface area contributed by atoms with E-state index < -0.39 is 0 Å². The third kappa shape index (κ3) is 5.69. The molecule has 0 aromatic heterocycles. The maximum absolute atomic E-state index is 12.5. The first-order chi connectivity index (χ1) is 11.1. The molecule has 134 valence electrons. The summed E-state index contributed by atoms with van der Waals surface area (Å²) >= 11 is 0. The van der Waals surface area contributed by atoms with E-state index >= 15 is 0 Å². The van der Waals surface area contributed by atoms with Crippen LogP contribution in [0.4, 0.5) is 5.69 Å². The quantitative estimate of drug-likeness (QED) is 0.819. The number of likely N-dealkylation sites (N-methyl/N-ethyl adjacent to an activating group) is 1. The highest BCUT2D eigenvalue weighted by Gasteiger charge is 2.26. The molecule has 1 saturated heterocycles. The molecule has 0 unspecified atom stereocenters. The Morgan fingerprint density at radius 2 is 2.17 bits per heavy atom. The number of nitrogens with one attached hydrogen (secondary N) is 2. The minimum atomic E-state index is -0.204. The van der Waals surface area contributed by atoms with E-state index in [9.17, 15) is 9.59 Å². The third-order valence-electron chi connectivity index (χ3n) is 3.99. The molecule has 1 aromatic rings. The highest BCUT2D eigenvalue weighted by Crippen LogP contribution is 2.16. The fourth-order valence-corrected chi connectivity index (χ4v) is 2.70. The van der Waals surface area contributed by atoms with Gasteiger partial charge in [0.05, 0.1) is 19.7 Å². The van der Waals surface area contributed by atoms with E-state index in [1.54, 1.807) is 24.1 Å². The van der Waals surface area contributed by atoms with Gasteiger partial charge in [0.2, 0.25) is 11.8 Å². The number of benzene rings is 1. The molecule has 1 aromatic carbocycles. The van der Waals surface area contributed by atoms with E-state index in [4.69, 9.17) is 4.74 Å². The summed E-state index contributed by atoms with van der Waals surface area (Å²) in [5.41, 5.74) is 0.661. The van der Waals surface area contributed by atoms with Crippen LogP contribution < -0.4 is 15.4 Å². The highest BCUT2D eigenvalue weighted by atomic mass is 35.5. The fourth-order valence-electron chi connectivity index (χ4n) is 2.70. The van der Waals surface area contributed by atoms with Crippen LogP contribution >= 0.6 is 12.4 Å². The molecular weight excluding hydrogens is 330 g/mol. The van der Waals surface area contributed by atoms with Gasteiger partial charge in [-0.25, -0.2) is 0 Å². The topological polar surface area (TPSA) is 70.7 Å². The zero-order valence-electron chi connectivity index (χ0n) is 14.2. The van der Waals surface area contributed by atoms with Crippen LogP contribution in [-0.2, 0) is 9.59 Å². The van der Waals surface area contributed by atoms with Crippen molar-refractivity contribution in [1.29, 1.82) is 0 Å². The van der Waals surface area contributed by atoms with Crippen molar-refractivity contribution in [3.8, 4) is 5.75 Å². The van der Waals surface area contributed by atoms with E-state index in [1.807, 2.05) is 19.1 Å². The van der Waals surface area contributed by atoms with Gasteiger partial charge in [0.25, 0.3) is 0 Å². The largest absolute Gasteiger partial charge is 0.497 e. The first-order valence-corrected chi connectivity index (χ1v) is 8.10. The lowest BCUT2D eigenvalue weighted by atomic mass is 10.0. The Labute approximate surface area is 149 Å². The summed E-state index contributed by atoms with van der Waals surface area (Å²) in [6.45, 7) is 3.33. The molecule has 1 aliphatic rings. The zero-order chi connectivity index (χ0) is 16.7. The van der Waals surface area contributed by atoms with Crippen molar-refractivity contribution < 1.29 is 14.3 Å². The van der Waals surface area contributed by atoms with Crippen molar-refractivity contribution in [2.24, 2.45) is 0 Å². The number of rotatable bonds is 6. The lowest BCUT2D eigenvalue weighted by Gasteiger charge is -2.29. The van der Waals surface area contributed by atoms with E-state index in [-0.39, 0.29) is 36.8 Å². The summed E-state index contributed by atoms with van der Waals surface area (Å²) in [6.07, 6.45) is 3.00. The molecule has 7 heteroatoms. The number of halogens is 1. The van der Waals surface area contributed by atoms with Crippen LogP contribution in [-0.4, -0.2) is 49.5 Å². The van der Waals surface area contributed by atoms with Gasteiger partial charge in [0.1, 0.15) is 5.75 Å². The van der Waals surface area contributed by atoms with Crippen LogP contribution in [0.2, 0.25) is 0 Å². The molecule has 0 bridgehead atoms. The van der Waals surface area contributed by atoms with Crippen molar-refractivity contribution in [1.82, 2.24) is 10.2 Å². The lowest BCUT2D eigenvalue weighted by molar-refractivity contribution is -0.136. The van der Waals surface area contributed by atoms with Gasteiger partial charge in [-0.05, 0) is 38.4 Å². The predicted molar refractivity (Wildman–Crippen MR) is 96.8 cm³/mol. The molecular formula is C17H26ClN3O3. The van der Waals surface area contributed by atoms with Crippen LogP contribution in [0.15, 0.2) is 24.3 Å². The number of amides is 2. The van der Waals surface area contributed by atoms with Gasteiger partial charge < -0.3 is 20.3 Å². The Morgan fingerprint density at radius 1 is 1.38 bits per heavy atom. The molecule has 0 spiro atoms. The summed E-state index contributed by atoms with van der Waals surface area (Å²) in [4.78, 5) is 26.3. The monoisotopic (exact) mass is 355 g/mol. The van der Waals surface area contributed by atoms with E-state index in [0.29, 0.717) is 18.0 Å². The molecule has 6 nitrogen and oxygen atoms in total. The van der Waals surface area contributed by atoms with Crippen LogP contribution in [0.25, 0.3) is 0 Å². The molecule has 1 atom stereocenters. The number of hydrogen-bond acceptors (Lipinski definition) is 4. The zero-order valence-corrected chi connectivity index (χ0v) is 15.0. The Bertz CT molecular complexity index is 548. The van der Waals surface area contributed by atoms with Gasteiger partial charge in [-0.3, -0.25) is 9.59 Å². The van der Waals surface area contributed by atoms with Gasteiger partial charge in [0, 0.05) is 18.3 Å². The Balaban J connectivity index is 0.00000288. The number of nitrogens with zero attached hydrogens (tertiary/aromatic N) is 1. The summed E-state index contributed by atoms with van der Waals surface area (Å²) in [5, 5.41) is 6.04. The maximum Gasteiger partial charge on any atom is 0.243 e. The van der Waals surface area contributed by atoms with Crippen LogP contribution in [0.1, 0.15) is 26.2 Å². The standard InChI is InChI=1S/C17H25N3O3.ClH/c1-3-20(17(22)15-9-4-5-10-18-15)12-16(21)19-13-7-6-8-14(11-13)23-2;/h6-8,11,15,18H,3-5,9-10,12H2,1-2H3,(H,19,21);1H/t15-;/m0./s1. The van der Waals surface area contributed by atoms with Crippen molar-refractivity contribution in [3.05, 3.63) is 24.3 Å². The lowest BCUT2D eigenvalue weighted by Crippen LogP contribution is -2.50. The van der Waals surface area contributed by atoms with Crippen LogP contribution in [0.5, 0.6) is 5.75 Å². The second-order valence-corrected chi connectivity index (χ2v) is 5.64. The molecule has 1 aliphatic heterocycles. The SMILES string of the molecule is CCN(CC(=O)Nc1cccc(OC)c1)C(=O)[C@@H]1CCCCN1.Cl. The summed E-state index contributed by atoms with van der Waals surface area (Å²) < 4.78 is 5.13. The smallest absolute Gasteiger partial charge is 0.243 e. The van der Waals surface area contributed by atoms with E-state index in [0.717, 1.165) is 25.8 Å². The maximum atomic E-state index is 12.5. The first kappa shape index (κ1) is 20.3. The normalized spacial score (nSPS) is 16.7. The van der Waals surface area contributed by atoms with Gasteiger partial charge in [-0.1, -0.05) is 12.5 Å². The van der Waals surface area contributed by atoms with Gasteiger partial charge >= 0.3 is 0 Å². The van der Waals surface area contributed by atoms with Gasteiger partial charge in [0.15, 0.2) is 0 Å². The number of carbonyl (C=O) groups is 2. The number of methoxy groups -OCH3 is 1. The summed E-state index contributed by atoms with van der Waals surface area (Å²) in [5.74, 6) is 0.481. The van der Waals surface area contributed by atoms with Gasteiger partial charge in [-0.2, -0.15) is 0 Å². The van der Waals surface area contributed by atoms with Crippen molar-refractivity contribution in [2.45, 2.75) is 32.2 Å². The molecule has 0 saturated carbocycles. The molecule has 2 amide bonds. The molecule has 0 aliphatic carbocycles. The summed E-state index contributed by atoms with van der Waals surface area (Å²) in [6, 6.07) is 7.00. The van der Waals surface area contributed by atoms with Crippen LogP contribution in [0.3, 0.4) is 0 Å². The molecule has 1 heterocycles. The molecule has 24 heavy (non-hydrogen) atoms. The number of carbonyl (C=O) groups excluding carboxylic acids is 2. The minimum Gasteiger partial charge on any atom is -0.497 e. The van der Waals surface area contributed by atoms with Crippen LogP contribution in [0, 0.1) is 0 Å². The van der Waals surface area contributed by atoms with E-state index in [1.165, 1.54) is 0 Å². The minimum absolute atomic E-state index is 0. The Hall–Kier alpha value is -1.79. The highest BCUT2D eigenvalue weighted by molar-refractivity contribution is 5.95. The molecule has 2 N–H and O–H groups in total. The first-order valence-electron chi connectivity index (χ1n) is 8.10. The molecule has 2 rings (SSSR count). The summed E-state index contributed by atoms with van der Waals surface area (Å²) in [7, 11) is 1.58. The molecule has 1 fully saturated rings. The fraction of sp³-hybridized carbons (Fsp3) is 0.529. The van der Waals surface area contributed by atoms with Crippen molar-refractivity contribution in [3.63, 3.8) is 0 Å².